The molecule has 4 aromatic carbocycles. The van der Waals surface area contributed by atoms with Gasteiger partial charge in [-0.2, -0.15) is 5.10 Å². The van der Waals surface area contributed by atoms with Crippen LogP contribution in [-0.4, -0.2) is 25.1 Å². The minimum Gasteiger partial charge on any atom is -0.457 e. The van der Waals surface area contributed by atoms with Crippen molar-refractivity contribution in [2.45, 2.75) is 0 Å². The van der Waals surface area contributed by atoms with Crippen molar-refractivity contribution in [2.75, 3.05) is 0 Å². The van der Waals surface area contributed by atoms with Crippen molar-refractivity contribution in [1.82, 2.24) is 20.2 Å². The lowest BCUT2D eigenvalue weighted by Gasteiger charge is -2.08. The maximum atomic E-state index is 11.9. The van der Waals surface area contributed by atoms with Gasteiger partial charge in [-0.05, 0) is 30.3 Å². The largest absolute Gasteiger partial charge is 0.457 e. The number of nitro benzene ring substituents is 1. The number of para-hydroxylation sites is 1. The van der Waals surface area contributed by atoms with E-state index in [0.717, 1.165) is 5.56 Å². The number of rotatable bonds is 5. The van der Waals surface area contributed by atoms with Gasteiger partial charge < -0.3 is 4.74 Å². The second-order valence-corrected chi connectivity index (χ2v) is 8.59. The maximum absolute atomic E-state index is 11.9. The van der Waals surface area contributed by atoms with Gasteiger partial charge in [0.15, 0.2) is 5.52 Å². The molecule has 0 radical (unpaired) electrons. The highest BCUT2D eigenvalue weighted by Crippen LogP contribution is 2.38. The minimum atomic E-state index is -0.481. The summed E-state index contributed by atoms with van der Waals surface area (Å²) < 4.78 is 6.00. The summed E-state index contributed by atoms with van der Waals surface area (Å²) in [6.07, 6.45) is 3.10. The Bertz CT molecular complexity index is 1810. The molecule has 8 nitrogen and oxygen atoms in total. The van der Waals surface area contributed by atoms with E-state index in [1.165, 1.54) is 12.3 Å². The number of fused-ring (bicyclic) bond motifs is 3. The number of benzene rings is 4. The Morgan fingerprint density at radius 3 is 2.41 bits per heavy atom. The Hall–Kier alpha value is -4.95. The molecule has 0 saturated heterocycles. The molecule has 6 rings (SSSR count). The van der Waals surface area contributed by atoms with E-state index in [0.29, 0.717) is 49.8 Å². The molecule has 37 heavy (non-hydrogen) atoms. The molecule has 0 bridgehead atoms. The highest BCUT2D eigenvalue weighted by Gasteiger charge is 2.22. The average Bonchev–Trinajstić information content (AvgIpc) is 3.32. The number of nitro groups is 1. The summed E-state index contributed by atoms with van der Waals surface area (Å²) in [7, 11) is 0. The van der Waals surface area contributed by atoms with Crippen LogP contribution < -0.4 is 4.74 Å². The summed E-state index contributed by atoms with van der Waals surface area (Å²) in [4.78, 5) is 21.0. The van der Waals surface area contributed by atoms with E-state index in [1.54, 1.807) is 12.3 Å². The first-order valence-corrected chi connectivity index (χ1v) is 11.6. The topological polar surface area (TPSA) is 104 Å². The van der Waals surface area contributed by atoms with Gasteiger partial charge in [0, 0.05) is 27.6 Å². The van der Waals surface area contributed by atoms with Gasteiger partial charge in [-0.1, -0.05) is 60.1 Å². The van der Waals surface area contributed by atoms with Crippen LogP contribution in [0.1, 0.15) is 0 Å². The molecule has 0 aliphatic carbocycles. The van der Waals surface area contributed by atoms with E-state index in [4.69, 9.17) is 26.3 Å². The predicted molar refractivity (Wildman–Crippen MR) is 142 cm³/mol. The molecule has 0 atom stereocenters. The zero-order valence-electron chi connectivity index (χ0n) is 19.1. The number of ether oxygens (including phenoxy) is 1. The zero-order valence-corrected chi connectivity index (χ0v) is 19.8. The summed E-state index contributed by atoms with van der Waals surface area (Å²) in [5.41, 5.74) is 2.83. The normalized spacial score (nSPS) is 11.1. The summed E-state index contributed by atoms with van der Waals surface area (Å²) >= 11 is 6.58. The van der Waals surface area contributed by atoms with E-state index in [1.807, 2.05) is 72.8 Å². The van der Waals surface area contributed by atoms with Crippen molar-refractivity contribution in [1.29, 1.82) is 0 Å². The molecule has 0 aliphatic rings. The van der Waals surface area contributed by atoms with E-state index < -0.39 is 4.92 Å². The van der Waals surface area contributed by atoms with Crippen LogP contribution in [0.3, 0.4) is 0 Å². The fourth-order valence-corrected chi connectivity index (χ4v) is 4.40. The fourth-order valence-electron chi connectivity index (χ4n) is 4.18. The molecule has 0 saturated carbocycles. The minimum absolute atomic E-state index is 0.168. The van der Waals surface area contributed by atoms with Gasteiger partial charge in [-0.25, -0.2) is 4.98 Å². The highest BCUT2D eigenvalue weighted by molar-refractivity contribution is 6.33. The van der Waals surface area contributed by atoms with Gasteiger partial charge >= 0.3 is 0 Å². The van der Waals surface area contributed by atoms with E-state index in [2.05, 4.69) is 10.2 Å². The van der Waals surface area contributed by atoms with Gasteiger partial charge in [-0.3, -0.25) is 15.1 Å². The molecule has 0 unspecified atom stereocenters. The molecule has 0 spiro atoms. The molecule has 0 aliphatic heterocycles. The van der Waals surface area contributed by atoms with Crippen LogP contribution in [0.15, 0.2) is 97.3 Å². The van der Waals surface area contributed by atoms with Crippen LogP contribution in [0.4, 0.5) is 5.69 Å². The van der Waals surface area contributed by atoms with Crippen molar-refractivity contribution < 1.29 is 9.66 Å². The Balaban J connectivity index is 1.62. The number of halogens is 1. The molecule has 0 N–H and O–H groups in total. The van der Waals surface area contributed by atoms with Crippen LogP contribution in [0.2, 0.25) is 5.02 Å². The highest BCUT2D eigenvalue weighted by atomic mass is 35.5. The van der Waals surface area contributed by atoms with Crippen molar-refractivity contribution >= 4 is 39.1 Å². The van der Waals surface area contributed by atoms with E-state index in [9.17, 15) is 10.1 Å². The Morgan fingerprint density at radius 2 is 1.59 bits per heavy atom. The van der Waals surface area contributed by atoms with Gasteiger partial charge in [0.05, 0.1) is 39.6 Å². The van der Waals surface area contributed by atoms with Crippen molar-refractivity contribution in [3.63, 3.8) is 0 Å². The van der Waals surface area contributed by atoms with Crippen molar-refractivity contribution in [3.05, 3.63) is 112 Å². The van der Waals surface area contributed by atoms with Gasteiger partial charge in [0.25, 0.3) is 5.69 Å². The molecular formula is C28H16ClN5O3. The number of hydrogen-bond donors (Lipinski definition) is 0. The molecule has 0 amide bonds. The van der Waals surface area contributed by atoms with Gasteiger partial charge in [0.2, 0.25) is 0 Å². The number of non-ortho nitro benzene ring substituents is 1. The summed E-state index contributed by atoms with van der Waals surface area (Å²) in [5, 5.41) is 21.1. The Kier molecular flexibility index (Phi) is 5.63. The number of nitrogens with zero attached hydrogens (tertiary/aromatic N) is 5. The Morgan fingerprint density at radius 1 is 0.811 bits per heavy atom. The molecule has 2 heterocycles. The van der Waals surface area contributed by atoms with Gasteiger partial charge in [-0.15, -0.1) is 5.10 Å². The zero-order chi connectivity index (χ0) is 25.4. The molecule has 9 heteroatoms. The third-order valence-electron chi connectivity index (χ3n) is 5.87. The summed E-state index contributed by atoms with van der Waals surface area (Å²) in [6, 6.07) is 25.6. The standard InChI is InChI=1S/C28H16ClN5O3/c29-23-12-5-4-11-20(23)27-21-14-25(34(35)36)28-22(15-31-33-28)26(21)30-16-24(32-27)17-7-6-10-19(13-17)37-18-8-2-1-3-9-18/h1-16H. The van der Waals surface area contributed by atoms with Crippen LogP contribution in [0, 0.1) is 10.1 Å². The Labute approximate surface area is 215 Å². The quantitative estimate of drug-likeness (QED) is 0.179. The van der Waals surface area contributed by atoms with Gasteiger partial charge in [0.1, 0.15) is 11.5 Å². The van der Waals surface area contributed by atoms with Crippen LogP contribution >= 0.6 is 11.6 Å². The predicted octanol–water partition coefficient (Wildman–Crippen LogP) is 7.26. The lowest BCUT2D eigenvalue weighted by molar-refractivity contribution is -0.383. The second-order valence-electron chi connectivity index (χ2n) is 8.18. The van der Waals surface area contributed by atoms with Crippen LogP contribution in [-0.2, 0) is 0 Å². The van der Waals surface area contributed by atoms with Crippen LogP contribution in [0.5, 0.6) is 11.5 Å². The van der Waals surface area contributed by atoms with Crippen molar-refractivity contribution in [3.8, 4) is 34.0 Å². The van der Waals surface area contributed by atoms with E-state index in [-0.39, 0.29) is 11.2 Å². The number of aromatic nitrogens is 4. The first-order chi connectivity index (χ1) is 18.1. The second kappa shape index (κ2) is 9.25. The smallest absolute Gasteiger partial charge is 0.298 e. The first kappa shape index (κ1) is 22.5. The van der Waals surface area contributed by atoms with Crippen LogP contribution in [0.25, 0.3) is 44.3 Å². The number of hydrogen-bond acceptors (Lipinski definition) is 7. The monoisotopic (exact) mass is 505 g/mol. The average molecular weight is 506 g/mol. The van der Waals surface area contributed by atoms with E-state index >= 15 is 0 Å². The third kappa shape index (κ3) is 4.19. The molecule has 0 fully saturated rings. The fraction of sp³-hybridized carbons (Fsp3) is 0. The summed E-state index contributed by atoms with van der Waals surface area (Å²) in [6.45, 7) is 0. The maximum Gasteiger partial charge on any atom is 0.298 e. The lowest BCUT2D eigenvalue weighted by Crippen LogP contribution is -1.92. The molecular weight excluding hydrogens is 490 g/mol. The SMILES string of the molecule is O=[N+]([O-])c1cc2c(-c3ccccc3Cl)nc(-c3cccc(Oc4ccccc4)c3)cnc2c2cnnc12. The third-order valence-corrected chi connectivity index (χ3v) is 6.20. The molecule has 6 aromatic rings. The molecule has 2 aromatic heterocycles. The lowest BCUT2D eigenvalue weighted by atomic mass is 10.0. The summed E-state index contributed by atoms with van der Waals surface area (Å²) in [5.74, 6) is 1.33. The molecule has 178 valence electrons. The first-order valence-electron chi connectivity index (χ1n) is 11.3. The van der Waals surface area contributed by atoms with Crippen molar-refractivity contribution in [2.24, 2.45) is 0 Å².